The fourth-order valence-corrected chi connectivity index (χ4v) is 2.08. The van der Waals surface area contributed by atoms with Crippen LogP contribution in [0.3, 0.4) is 0 Å². The molecule has 0 bridgehead atoms. The van der Waals surface area contributed by atoms with Crippen molar-refractivity contribution in [2.75, 3.05) is 5.73 Å². The van der Waals surface area contributed by atoms with Crippen LogP contribution in [0.1, 0.15) is 16.1 Å². The molecule has 2 aromatic carbocycles. The Bertz CT molecular complexity index is 714. The van der Waals surface area contributed by atoms with Crippen molar-refractivity contribution in [1.29, 1.82) is 0 Å². The van der Waals surface area contributed by atoms with E-state index in [2.05, 4.69) is 4.98 Å². The number of hydrogen-bond donors (Lipinski definition) is 2. The van der Waals surface area contributed by atoms with E-state index in [4.69, 9.17) is 5.73 Å². The highest BCUT2D eigenvalue weighted by Gasteiger charge is 2.16. The van der Waals surface area contributed by atoms with Gasteiger partial charge in [-0.05, 0) is 6.07 Å². The number of hydrogen-bond acceptors (Lipinski definition) is 2. The van der Waals surface area contributed by atoms with Gasteiger partial charge in [0.15, 0.2) is 0 Å². The average molecular weight is 236 g/mol. The third-order valence-corrected chi connectivity index (χ3v) is 3.01. The highest BCUT2D eigenvalue weighted by Crippen LogP contribution is 2.26. The Hall–Kier alpha value is -2.55. The summed E-state index contributed by atoms with van der Waals surface area (Å²) in [5, 5.41) is 0.886. The zero-order chi connectivity index (χ0) is 12.5. The third kappa shape index (κ3) is 1.57. The van der Waals surface area contributed by atoms with Crippen LogP contribution in [-0.2, 0) is 0 Å². The fraction of sp³-hybridized carbons (Fsp3) is 0. The molecule has 18 heavy (non-hydrogen) atoms. The molecule has 0 aliphatic rings. The standard InChI is InChI=1S/C15H12N2O/c16-13-11-8-4-5-9-12(11)17-14(13)15(18)10-6-2-1-3-7-10/h1-9,17H,16H2. The van der Waals surface area contributed by atoms with Crippen molar-refractivity contribution in [3.63, 3.8) is 0 Å². The Morgan fingerprint density at radius 2 is 1.61 bits per heavy atom. The van der Waals surface area contributed by atoms with Crippen LogP contribution >= 0.6 is 0 Å². The van der Waals surface area contributed by atoms with Crippen LogP contribution in [0.15, 0.2) is 54.6 Å². The van der Waals surface area contributed by atoms with E-state index in [1.807, 2.05) is 42.5 Å². The molecule has 88 valence electrons. The van der Waals surface area contributed by atoms with Gasteiger partial charge in [0.1, 0.15) is 5.69 Å². The number of para-hydroxylation sites is 1. The Morgan fingerprint density at radius 3 is 2.33 bits per heavy atom. The molecule has 3 rings (SSSR count). The predicted octanol–water partition coefficient (Wildman–Crippen LogP) is 2.98. The zero-order valence-corrected chi connectivity index (χ0v) is 9.68. The van der Waals surface area contributed by atoms with Crippen molar-refractivity contribution < 1.29 is 4.79 Å². The van der Waals surface area contributed by atoms with Gasteiger partial charge in [-0.3, -0.25) is 4.79 Å². The molecule has 0 saturated heterocycles. The first-order valence-corrected chi connectivity index (χ1v) is 5.73. The highest BCUT2D eigenvalue weighted by molar-refractivity contribution is 6.15. The van der Waals surface area contributed by atoms with Crippen LogP contribution in [-0.4, -0.2) is 10.8 Å². The molecule has 0 radical (unpaired) electrons. The van der Waals surface area contributed by atoms with E-state index >= 15 is 0 Å². The number of carbonyl (C=O) groups is 1. The predicted molar refractivity (Wildman–Crippen MR) is 72.6 cm³/mol. The summed E-state index contributed by atoms with van der Waals surface area (Å²) in [6.45, 7) is 0. The van der Waals surface area contributed by atoms with Crippen molar-refractivity contribution in [3.05, 3.63) is 65.9 Å². The third-order valence-electron chi connectivity index (χ3n) is 3.01. The van der Waals surface area contributed by atoms with Crippen LogP contribution in [0.4, 0.5) is 5.69 Å². The zero-order valence-electron chi connectivity index (χ0n) is 9.68. The molecule has 3 aromatic rings. The Morgan fingerprint density at radius 1 is 0.944 bits per heavy atom. The average Bonchev–Trinajstić information content (AvgIpc) is 2.77. The lowest BCUT2D eigenvalue weighted by molar-refractivity contribution is 0.103. The molecule has 0 amide bonds. The molecular formula is C15H12N2O. The summed E-state index contributed by atoms with van der Waals surface area (Å²) in [5.41, 5.74) is 8.52. The summed E-state index contributed by atoms with van der Waals surface area (Å²) >= 11 is 0. The van der Waals surface area contributed by atoms with Crippen molar-refractivity contribution in [2.45, 2.75) is 0 Å². The van der Waals surface area contributed by atoms with Crippen molar-refractivity contribution in [3.8, 4) is 0 Å². The van der Waals surface area contributed by atoms with Crippen LogP contribution < -0.4 is 5.73 Å². The summed E-state index contributed by atoms with van der Waals surface area (Å²) in [4.78, 5) is 15.4. The molecule has 0 spiro atoms. The minimum absolute atomic E-state index is 0.0794. The van der Waals surface area contributed by atoms with Gasteiger partial charge in [-0.15, -0.1) is 0 Å². The molecule has 0 fully saturated rings. The second-order valence-corrected chi connectivity index (χ2v) is 4.15. The molecular weight excluding hydrogens is 224 g/mol. The summed E-state index contributed by atoms with van der Waals surface area (Å²) in [6, 6.07) is 16.8. The van der Waals surface area contributed by atoms with Gasteiger partial charge in [-0.1, -0.05) is 48.5 Å². The molecule has 1 heterocycles. The maximum Gasteiger partial charge on any atom is 0.211 e. The second-order valence-electron chi connectivity index (χ2n) is 4.15. The number of aromatic nitrogens is 1. The SMILES string of the molecule is Nc1c(C(=O)c2ccccc2)[nH]c2ccccc12. The fourth-order valence-electron chi connectivity index (χ4n) is 2.08. The minimum atomic E-state index is -0.0794. The van der Waals surface area contributed by atoms with Crippen LogP contribution in [0.5, 0.6) is 0 Å². The van der Waals surface area contributed by atoms with Gasteiger partial charge in [0, 0.05) is 16.5 Å². The van der Waals surface area contributed by atoms with E-state index in [1.54, 1.807) is 12.1 Å². The minimum Gasteiger partial charge on any atom is -0.396 e. The first-order chi connectivity index (χ1) is 8.77. The van der Waals surface area contributed by atoms with Crippen LogP contribution in [0, 0.1) is 0 Å². The first kappa shape index (κ1) is 10.6. The molecule has 3 nitrogen and oxygen atoms in total. The van der Waals surface area contributed by atoms with Gasteiger partial charge in [0.05, 0.1) is 5.69 Å². The van der Waals surface area contributed by atoms with E-state index in [0.29, 0.717) is 16.9 Å². The number of anilines is 1. The molecule has 0 saturated carbocycles. The number of ketones is 1. The molecule has 3 heteroatoms. The maximum absolute atomic E-state index is 12.3. The topological polar surface area (TPSA) is 58.9 Å². The van der Waals surface area contributed by atoms with Gasteiger partial charge in [-0.25, -0.2) is 0 Å². The first-order valence-electron chi connectivity index (χ1n) is 5.73. The monoisotopic (exact) mass is 236 g/mol. The number of carbonyl (C=O) groups excluding carboxylic acids is 1. The number of H-pyrrole nitrogens is 1. The highest BCUT2D eigenvalue weighted by atomic mass is 16.1. The number of benzene rings is 2. The summed E-state index contributed by atoms with van der Waals surface area (Å²) < 4.78 is 0. The lowest BCUT2D eigenvalue weighted by Gasteiger charge is -1.99. The molecule has 0 aliphatic carbocycles. The smallest absolute Gasteiger partial charge is 0.211 e. The van der Waals surface area contributed by atoms with Crippen molar-refractivity contribution in [2.24, 2.45) is 0 Å². The number of nitrogens with two attached hydrogens (primary N) is 1. The van der Waals surface area contributed by atoms with Gasteiger partial charge < -0.3 is 10.7 Å². The van der Waals surface area contributed by atoms with E-state index in [1.165, 1.54) is 0 Å². The maximum atomic E-state index is 12.3. The molecule has 3 N–H and O–H groups in total. The van der Waals surface area contributed by atoms with Crippen molar-refractivity contribution in [1.82, 2.24) is 4.98 Å². The summed E-state index contributed by atoms with van der Waals surface area (Å²) in [7, 11) is 0. The Balaban J connectivity index is 2.15. The summed E-state index contributed by atoms with van der Waals surface area (Å²) in [5.74, 6) is -0.0794. The molecule has 0 unspecified atom stereocenters. The number of aromatic amines is 1. The van der Waals surface area contributed by atoms with E-state index in [0.717, 1.165) is 10.9 Å². The van der Waals surface area contributed by atoms with Gasteiger partial charge in [0.25, 0.3) is 0 Å². The lowest BCUT2D eigenvalue weighted by Crippen LogP contribution is -2.04. The molecule has 0 atom stereocenters. The van der Waals surface area contributed by atoms with Crippen LogP contribution in [0.2, 0.25) is 0 Å². The quantitative estimate of drug-likeness (QED) is 0.672. The number of fused-ring (bicyclic) bond motifs is 1. The number of rotatable bonds is 2. The van der Waals surface area contributed by atoms with Crippen LogP contribution in [0.25, 0.3) is 10.9 Å². The van der Waals surface area contributed by atoms with E-state index < -0.39 is 0 Å². The molecule has 1 aromatic heterocycles. The van der Waals surface area contributed by atoms with Crippen molar-refractivity contribution >= 4 is 22.4 Å². The van der Waals surface area contributed by atoms with Gasteiger partial charge in [-0.2, -0.15) is 0 Å². The number of nitrogens with one attached hydrogen (secondary N) is 1. The normalized spacial score (nSPS) is 10.7. The second kappa shape index (κ2) is 4.04. The van der Waals surface area contributed by atoms with E-state index in [-0.39, 0.29) is 5.78 Å². The summed E-state index contributed by atoms with van der Waals surface area (Å²) in [6.07, 6.45) is 0. The van der Waals surface area contributed by atoms with Gasteiger partial charge >= 0.3 is 0 Å². The lowest BCUT2D eigenvalue weighted by atomic mass is 10.1. The van der Waals surface area contributed by atoms with Gasteiger partial charge in [0.2, 0.25) is 5.78 Å². The number of nitrogen functional groups attached to an aromatic ring is 1. The Kier molecular flexibility index (Phi) is 2.38. The molecule has 0 aliphatic heterocycles. The Labute approximate surface area is 104 Å². The van der Waals surface area contributed by atoms with E-state index in [9.17, 15) is 4.79 Å². The largest absolute Gasteiger partial charge is 0.396 e.